The molecule has 11 nitrogen and oxygen atoms in total. The van der Waals surface area contributed by atoms with Gasteiger partial charge in [0.25, 0.3) is 0 Å². The van der Waals surface area contributed by atoms with Gasteiger partial charge in [-0.25, -0.2) is 4.79 Å². The molecule has 0 aliphatic carbocycles. The molecule has 0 radical (unpaired) electrons. The Balaban J connectivity index is 2.96. The Morgan fingerprint density at radius 1 is 0.943 bits per heavy atom. The first-order chi connectivity index (χ1) is 16.6. The topological polar surface area (TPSA) is 194 Å². The molecule has 0 spiro atoms. The van der Waals surface area contributed by atoms with Crippen LogP contribution in [0.1, 0.15) is 24.8 Å². The molecule has 0 bridgehead atoms. The van der Waals surface area contributed by atoms with E-state index < -0.39 is 53.8 Å². The van der Waals surface area contributed by atoms with Crippen LogP contribution in [0, 0.1) is 0 Å². The first-order valence-corrected chi connectivity index (χ1v) is 12.9. The average molecular weight is 528 g/mol. The molecule has 0 fully saturated rings. The van der Waals surface area contributed by atoms with Crippen LogP contribution in [0.2, 0.25) is 0 Å². The van der Waals surface area contributed by atoms with E-state index in [1.807, 2.05) is 6.26 Å². The van der Waals surface area contributed by atoms with Crippen LogP contribution in [0.25, 0.3) is 0 Å². The molecule has 8 N–H and O–H groups in total. The maximum atomic E-state index is 13.0. The number of carbonyl (C=O) groups excluding carboxylic acids is 4. The fourth-order valence-corrected chi connectivity index (χ4v) is 3.73. The molecule has 13 heteroatoms. The van der Waals surface area contributed by atoms with Gasteiger partial charge in [-0.15, -0.1) is 0 Å². The van der Waals surface area contributed by atoms with E-state index in [-0.39, 0.29) is 31.4 Å². The normalized spacial score (nSPS) is 14.1. The molecule has 1 aromatic carbocycles. The molecule has 1 rings (SSSR count). The van der Waals surface area contributed by atoms with Crippen molar-refractivity contribution in [3.63, 3.8) is 0 Å². The van der Waals surface area contributed by atoms with Crippen molar-refractivity contribution >= 4 is 54.0 Å². The van der Waals surface area contributed by atoms with Gasteiger partial charge in [0.2, 0.25) is 23.6 Å². The van der Waals surface area contributed by atoms with Gasteiger partial charge in [-0.2, -0.15) is 24.4 Å². The number of carboxylic acid groups (broad SMARTS) is 1. The van der Waals surface area contributed by atoms with Crippen LogP contribution < -0.4 is 27.4 Å². The Labute approximate surface area is 213 Å². The van der Waals surface area contributed by atoms with Gasteiger partial charge >= 0.3 is 5.97 Å². The van der Waals surface area contributed by atoms with Gasteiger partial charge in [0.05, 0.1) is 6.04 Å². The van der Waals surface area contributed by atoms with Crippen molar-refractivity contribution in [1.29, 1.82) is 0 Å². The molecule has 0 aliphatic rings. The second kappa shape index (κ2) is 16.0. The van der Waals surface area contributed by atoms with Gasteiger partial charge < -0.3 is 32.5 Å². The largest absolute Gasteiger partial charge is 0.480 e. The smallest absolute Gasteiger partial charge is 0.326 e. The van der Waals surface area contributed by atoms with Gasteiger partial charge in [0.1, 0.15) is 18.1 Å². The molecule has 35 heavy (non-hydrogen) atoms. The Hall–Kier alpha value is -2.77. The van der Waals surface area contributed by atoms with E-state index in [1.54, 1.807) is 30.3 Å². The maximum Gasteiger partial charge on any atom is 0.326 e. The zero-order valence-electron chi connectivity index (χ0n) is 19.4. The molecule has 4 unspecified atom stereocenters. The van der Waals surface area contributed by atoms with Gasteiger partial charge in [0, 0.05) is 18.6 Å². The fraction of sp³-hybridized carbons (Fsp3) is 0.500. The molecule has 0 saturated heterocycles. The average Bonchev–Trinajstić information content (AvgIpc) is 2.82. The van der Waals surface area contributed by atoms with Gasteiger partial charge in [-0.3, -0.25) is 19.2 Å². The Morgan fingerprint density at radius 2 is 1.51 bits per heavy atom. The number of rotatable bonds is 16. The summed E-state index contributed by atoms with van der Waals surface area (Å²) in [6.07, 6.45) is 2.05. The van der Waals surface area contributed by atoms with E-state index in [9.17, 15) is 29.1 Å². The van der Waals surface area contributed by atoms with E-state index in [2.05, 4.69) is 28.6 Å². The van der Waals surface area contributed by atoms with Crippen molar-refractivity contribution in [2.45, 2.75) is 49.9 Å². The summed E-state index contributed by atoms with van der Waals surface area (Å²) in [5.74, 6) is -3.39. The minimum atomic E-state index is -1.18. The van der Waals surface area contributed by atoms with Crippen LogP contribution in [0.3, 0.4) is 0 Å². The molecule has 1 aromatic rings. The Bertz CT molecular complexity index is 873. The number of hydrogen-bond donors (Lipinski definition) is 7. The monoisotopic (exact) mass is 527 g/mol. The number of thioether (sulfide) groups is 1. The summed E-state index contributed by atoms with van der Waals surface area (Å²) >= 11 is 5.55. The highest BCUT2D eigenvalue weighted by Crippen LogP contribution is 2.07. The number of aliphatic carboxylic acids is 1. The van der Waals surface area contributed by atoms with Gasteiger partial charge in [0.15, 0.2) is 0 Å². The summed E-state index contributed by atoms with van der Waals surface area (Å²) in [7, 11) is 0. The van der Waals surface area contributed by atoms with Gasteiger partial charge in [-0.1, -0.05) is 30.3 Å². The Kier molecular flexibility index (Phi) is 13.8. The third-order valence-electron chi connectivity index (χ3n) is 4.99. The number of hydrogen-bond acceptors (Lipinski definition) is 8. The van der Waals surface area contributed by atoms with E-state index in [0.29, 0.717) is 5.75 Å². The number of primary amides is 1. The summed E-state index contributed by atoms with van der Waals surface area (Å²) in [6, 6.07) is 4.47. The molecule has 0 heterocycles. The van der Waals surface area contributed by atoms with E-state index in [0.717, 1.165) is 5.56 Å². The van der Waals surface area contributed by atoms with Crippen molar-refractivity contribution in [3.05, 3.63) is 35.9 Å². The lowest BCUT2D eigenvalue weighted by Crippen LogP contribution is -2.58. The van der Waals surface area contributed by atoms with Crippen LogP contribution in [-0.2, 0) is 30.4 Å². The number of carbonyl (C=O) groups is 5. The van der Waals surface area contributed by atoms with Crippen LogP contribution >= 0.6 is 24.4 Å². The van der Waals surface area contributed by atoms with Crippen molar-refractivity contribution in [2.75, 3.05) is 17.8 Å². The molecular formula is C22H33N5O6S2. The number of amides is 4. The van der Waals surface area contributed by atoms with Crippen molar-refractivity contribution in [1.82, 2.24) is 16.0 Å². The summed E-state index contributed by atoms with van der Waals surface area (Å²) in [6.45, 7) is 0. The summed E-state index contributed by atoms with van der Waals surface area (Å²) in [5, 5.41) is 17.0. The maximum absolute atomic E-state index is 13.0. The SMILES string of the molecule is CSCCC(NC(=O)C(Cc1ccccc1)NC(=O)C(CS)NC(=O)C(N)CCC(N)=O)C(=O)O. The highest BCUT2D eigenvalue weighted by atomic mass is 32.2. The standard InChI is InChI=1S/C22H33N5O6S2/c1-35-10-9-15(22(32)33)25-20(30)16(11-13-5-3-2-4-6-13)26-21(31)17(12-34)27-19(29)14(23)7-8-18(24)28/h2-6,14-17,34H,7-12,23H2,1H3,(H2,24,28)(H,25,30)(H,26,31)(H,27,29)(H,32,33). The summed E-state index contributed by atoms with van der Waals surface area (Å²) in [5.41, 5.74) is 11.5. The van der Waals surface area contributed by atoms with Crippen LogP contribution in [0.15, 0.2) is 30.3 Å². The minimum absolute atomic E-state index is 0.00768. The van der Waals surface area contributed by atoms with Crippen molar-refractivity contribution in [3.8, 4) is 0 Å². The summed E-state index contributed by atoms with van der Waals surface area (Å²) in [4.78, 5) is 60.7. The summed E-state index contributed by atoms with van der Waals surface area (Å²) < 4.78 is 0. The molecule has 0 aromatic heterocycles. The second-order valence-electron chi connectivity index (χ2n) is 7.79. The lowest BCUT2D eigenvalue weighted by molar-refractivity contribution is -0.142. The highest BCUT2D eigenvalue weighted by molar-refractivity contribution is 7.98. The number of carboxylic acids is 1. The zero-order valence-corrected chi connectivity index (χ0v) is 21.1. The third-order valence-corrected chi connectivity index (χ3v) is 6.00. The van der Waals surface area contributed by atoms with Crippen LogP contribution in [-0.4, -0.2) is 76.6 Å². The number of benzene rings is 1. The zero-order chi connectivity index (χ0) is 26.4. The molecule has 194 valence electrons. The minimum Gasteiger partial charge on any atom is -0.480 e. The van der Waals surface area contributed by atoms with Crippen molar-refractivity contribution in [2.24, 2.45) is 11.5 Å². The molecule has 0 aliphatic heterocycles. The molecule has 0 saturated carbocycles. The molecular weight excluding hydrogens is 494 g/mol. The Morgan fingerprint density at radius 3 is 2.06 bits per heavy atom. The molecule has 4 amide bonds. The van der Waals surface area contributed by atoms with E-state index in [4.69, 9.17) is 11.5 Å². The lowest BCUT2D eigenvalue weighted by Gasteiger charge is -2.24. The quantitative estimate of drug-likeness (QED) is 0.134. The first-order valence-electron chi connectivity index (χ1n) is 10.9. The highest BCUT2D eigenvalue weighted by Gasteiger charge is 2.30. The number of nitrogens with two attached hydrogens (primary N) is 2. The van der Waals surface area contributed by atoms with Crippen LogP contribution in [0.4, 0.5) is 0 Å². The molecule has 4 atom stereocenters. The number of thiol groups is 1. The van der Waals surface area contributed by atoms with E-state index in [1.165, 1.54) is 11.8 Å². The second-order valence-corrected chi connectivity index (χ2v) is 9.14. The first kappa shape index (κ1) is 30.3. The van der Waals surface area contributed by atoms with Crippen LogP contribution in [0.5, 0.6) is 0 Å². The van der Waals surface area contributed by atoms with Gasteiger partial charge in [-0.05, 0) is 30.4 Å². The number of nitrogens with one attached hydrogen (secondary N) is 3. The predicted octanol–water partition coefficient (Wildman–Crippen LogP) is -0.956. The van der Waals surface area contributed by atoms with Crippen molar-refractivity contribution < 1.29 is 29.1 Å². The van der Waals surface area contributed by atoms with E-state index >= 15 is 0 Å². The lowest BCUT2D eigenvalue weighted by atomic mass is 10.0. The predicted molar refractivity (Wildman–Crippen MR) is 137 cm³/mol. The fourth-order valence-electron chi connectivity index (χ4n) is 3.00. The third kappa shape index (κ3) is 11.5.